The Balaban J connectivity index is 2.56. The van der Waals surface area contributed by atoms with E-state index in [0.717, 1.165) is 0 Å². The number of nitrogens with zero attached hydrogens (tertiary/aromatic N) is 2. The Morgan fingerprint density at radius 1 is 1.82 bits per heavy atom. The van der Waals surface area contributed by atoms with Gasteiger partial charge in [-0.25, -0.2) is 4.98 Å². The highest BCUT2D eigenvalue weighted by Crippen LogP contribution is 2.09. The monoisotopic (exact) mass is 157 g/mol. The highest BCUT2D eigenvalue weighted by molar-refractivity contribution is 5.67. The van der Waals surface area contributed by atoms with Crippen molar-refractivity contribution in [1.82, 2.24) is 15.2 Å². The van der Waals surface area contributed by atoms with Crippen molar-refractivity contribution in [2.45, 2.75) is 12.5 Å². The van der Waals surface area contributed by atoms with Gasteiger partial charge in [-0.15, -0.1) is 0 Å². The Kier molecular flexibility index (Phi) is 2.17. The smallest absolute Gasteiger partial charge is 0.306 e. The van der Waals surface area contributed by atoms with E-state index in [4.69, 9.17) is 10.2 Å². The Morgan fingerprint density at radius 2 is 2.55 bits per heavy atom. The van der Waals surface area contributed by atoms with E-state index in [2.05, 4.69) is 15.2 Å². The summed E-state index contributed by atoms with van der Waals surface area (Å²) in [4.78, 5) is 13.7. The summed E-state index contributed by atoms with van der Waals surface area (Å²) in [6.07, 6.45) is -0.259. The number of aromatic nitrogens is 3. The third-order valence-corrected chi connectivity index (χ3v) is 1.12. The summed E-state index contributed by atoms with van der Waals surface area (Å²) < 4.78 is 0. The number of rotatable bonds is 3. The van der Waals surface area contributed by atoms with Crippen LogP contribution in [-0.4, -0.2) is 31.4 Å². The zero-order valence-electron chi connectivity index (χ0n) is 5.56. The van der Waals surface area contributed by atoms with E-state index in [1.807, 2.05) is 0 Å². The Morgan fingerprint density at radius 3 is 3.00 bits per heavy atom. The van der Waals surface area contributed by atoms with Crippen LogP contribution in [0.2, 0.25) is 0 Å². The Labute approximate surface area is 61.9 Å². The number of aliphatic hydroxyl groups excluding tert-OH is 1. The van der Waals surface area contributed by atoms with Crippen molar-refractivity contribution in [3.05, 3.63) is 12.2 Å². The fourth-order valence-corrected chi connectivity index (χ4v) is 0.638. The standard InChI is InChI=1S/C5H7N3O3/c9-3(1-4(10)11)5-6-2-7-8-5/h2-3,9H,1H2,(H,10,11)(H,6,7,8)/t3-/m1/s1. The topological polar surface area (TPSA) is 99.1 Å². The first-order valence-electron chi connectivity index (χ1n) is 2.95. The van der Waals surface area contributed by atoms with Crippen LogP contribution in [0.3, 0.4) is 0 Å². The van der Waals surface area contributed by atoms with Gasteiger partial charge in [0.1, 0.15) is 12.4 Å². The van der Waals surface area contributed by atoms with Crippen molar-refractivity contribution >= 4 is 5.97 Å². The van der Waals surface area contributed by atoms with E-state index in [1.54, 1.807) is 0 Å². The average Bonchev–Trinajstić information content (AvgIpc) is 2.35. The van der Waals surface area contributed by atoms with Gasteiger partial charge in [0.05, 0.1) is 6.42 Å². The number of hydrogen-bond donors (Lipinski definition) is 3. The number of carbonyl (C=O) groups is 1. The van der Waals surface area contributed by atoms with Gasteiger partial charge in [-0.2, -0.15) is 5.10 Å². The van der Waals surface area contributed by atoms with Crippen LogP contribution in [-0.2, 0) is 4.79 Å². The average molecular weight is 157 g/mol. The maximum atomic E-state index is 10.1. The minimum Gasteiger partial charge on any atom is -0.481 e. The summed E-state index contributed by atoms with van der Waals surface area (Å²) in [5.41, 5.74) is 0. The van der Waals surface area contributed by atoms with E-state index in [0.29, 0.717) is 0 Å². The first-order valence-corrected chi connectivity index (χ1v) is 2.95. The molecule has 1 atom stereocenters. The molecule has 0 unspecified atom stereocenters. The Bertz CT molecular complexity index is 233. The molecule has 0 saturated carbocycles. The fourth-order valence-electron chi connectivity index (χ4n) is 0.638. The molecule has 60 valence electrons. The van der Waals surface area contributed by atoms with E-state index in [1.165, 1.54) is 6.33 Å². The molecule has 1 aromatic heterocycles. The molecule has 1 heterocycles. The van der Waals surface area contributed by atoms with Gasteiger partial charge in [-0.1, -0.05) is 0 Å². The molecule has 0 bridgehead atoms. The van der Waals surface area contributed by atoms with Crippen molar-refractivity contribution in [2.75, 3.05) is 0 Å². The van der Waals surface area contributed by atoms with Crippen molar-refractivity contribution in [3.63, 3.8) is 0 Å². The zero-order valence-corrected chi connectivity index (χ0v) is 5.56. The molecule has 1 aromatic rings. The summed E-state index contributed by atoms with van der Waals surface area (Å²) in [7, 11) is 0. The van der Waals surface area contributed by atoms with Crippen LogP contribution in [0.15, 0.2) is 6.33 Å². The van der Waals surface area contributed by atoms with Gasteiger partial charge in [0, 0.05) is 0 Å². The van der Waals surface area contributed by atoms with Gasteiger partial charge in [-0.05, 0) is 0 Å². The van der Waals surface area contributed by atoms with E-state index >= 15 is 0 Å². The third-order valence-electron chi connectivity index (χ3n) is 1.12. The molecule has 11 heavy (non-hydrogen) atoms. The zero-order chi connectivity index (χ0) is 8.27. The third kappa shape index (κ3) is 2.01. The normalized spacial score (nSPS) is 12.8. The van der Waals surface area contributed by atoms with E-state index in [-0.39, 0.29) is 12.2 Å². The summed E-state index contributed by atoms with van der Waals surface area (Å²) in [5, 5.41) is 23.2. The highest BCUT2D eigenvalue weighted by Gasteiger charge is 2.13. The first-order chi connectivity index (χ1) is 5.20. The molecule has 0 saturated heterocycles. The predicted molar refractivity (Wildman–Crippen MR) is 33.6 cm³/mol. The highest BCUT2D eigenvalue weighted by atomic mass is 16.4. The molecular weight excluding hydrogens is 150 g/mol. The van der Waals surface area contributed by atoms with Gasteiger partial charge < -0.3 is 10.2 Å². The first kappa shape index (κ1) is 7.67. The van der Waals surface area contributed by atoms with Crippen molar-refractivity contribution < 1.29 is 15.0 Å². The second kappa shape index (κ2) is 3.11. The lowest BCUT2D eigenvalue weighted by Gasteiger charge is -2.01. The van der Waals surface area contributed by atoms with Crippen LogP contribution >= 0.6 is 0 Å². The molecule has 0 aliphatic rings. The number of carboxylic acid groups (broad SMARTS) is 1. The number of nitrogens with one attached hydrogen (secondary N) is 1. The van der Waals surface area contributed by atoms with Crippen molar-refractivity contribution in [1.29, 1.82) is 0 Å². The number of aliphatic hydroxyl groups is 1. The number of hydrogen-bond acceptors (Lipinski definition) is 4. The van der Waals surface area contributed by atoms with Crippen molar-refractivity contribution in [3.8, 4) is 0 Å². The van der Waals surface area contributed by atoms with Crippen LogP contribution in [0.25, 0.3) is 0 Å². The maximum absolute atomic E-state index is 10.1. The van der Waals surface area contributed by atoms with Gasteiger partial charge >= 0.3 is 5.97 Å². The van der Waals surface area contributed by atoms with Crippen LogP contribution in [0.4, 0.5) is 0 Å². The van der Waals surface area contributed by atoms with Crippen LogP contribution in [0.5, 0.6) is 0 Å². The van der Waals surface area contributed by atoms with Gasteiger partial charge in [0.25, 0.3) is 0 Å². The largest absolute Gasteiger partial charge is 0.481 e. The molecule has 0 aliphatic heterocycles. The summed E-state index contributed by atoms with van der Waals surface area (Å²) in [6.45, 7) is 0. The number of carboxylic acids is 1. The molecule has 0 amide bonds. The Hall–Kier alpha value is -1.43. The summed E-state index contributed by atoms with van der Waals surface area (Å²) in [5.74, 6) is -0.902. The van der Waals surface area contributed by atoms with Crippen LogP contribution in [0.1, 0.15) is 18.3 Å². The lowest BCUT2D eigenvalue weighted by molar-refractivity contribution is -0.139. The quantitative estimate of drug-likeness (QED) is 0.539. The molecule has 6 heteroatoms. The SMILES string of the molecule is O=C(O)C[C@@H](O)c1ncn[nH]1. The molecule has 3 N–H and O–H groups in total. The lowest BCUT2D eigenvalue weighted by atomic mass is 10.2. The second-order valence-electron chi connectivity index (χ2n) is 1.98. The lowest BCUT2D eigenvalue weighted by Crippen LogP contribution is -2.06. The molecule has 0 spiro atoms. The number of H-pyrrole nitrogens is 1. The minimum atomic E-state index is -1.10. The maximum Gasteiger partial charge on any atom is 0.306 e. The molecule has 1 rings (SSSR count). The second-order valence-corrected chi connectivity index (χ2v) is 1.98. The summed E-state index contributed by atoms with van der Waals surface area (Å²) in [6, 6.07) is 0. The van der Waals surface area contributed by atoms with Gasteiger partial charge in [0.15, 0.2) is 5.82 Å². The van der Waals surface area contributed by atoms with E-state index in [9.17, 15) is 4.79 Å². The fraction of sp³-hybridized carbons (Fsp3) is 0.400. The number of aromatic amines is 1. The van der Waals surface area contributed by atoms with E-state index < -0.39 is 12.1 Å². The molecule has 0 radical (unpaired) electrons. The summed E-state index contributed by atoms with van der Waals surface area (Å²) >= 11 is 0. The van der Waals surface area contributed by atoms with Crippen LogP contribution < -0.4 is 0 Å². The predicted octanol–water partition coefficient (Wildman–Crippen LogP) is -0.687. The molecule has 0 fully saturated rings. The molecule has 0 aromatic carbocycles. The molecular formula is C5H7N3O3. The minimum absolute atomic E-state index is 0.174. The van der Waals surface area contributed by atoms with Crippen LogP contribution in [0, 0.1) is 0 Å². The molecule has 6 nitrogen and oxygen atoms in total. The molecule has 0 aliphatic carbocycles. The van der Waals surface area contributed by atoms with Gasteiger partial charge in [0.2, 0.25) is 0 Å². The van der Waals surface area contributed by atoms with Crippen molar-refractivity contribution in [2.24, 2.45) is 0 Å². The van der Waals surface area contributed by atoms with Gasteiger partial charge in [-0.3, -0.25) is 9.89 Å². The number of aliphatic carboxylic acids is 1.